The predicted molar refractivity (Wildman–Crippen MR) is 160 cm³/mol. The van der Waals surface area contributed by atoms with Gasteiger partial charge in [0.25, 0.3) is 10.0 Å². The van der Waals surface area contributed by atoms with Crippen LogP contribution in [0.2, 0.25) is 5.02 Å². The fourth-order valence-corrected chi connectivity index (χ4v) is 5.86. The molecule has 1 unspecified atom stereocenters. The number of halogens is 1. The van der Waals surface area contributed by atoms with Crippen molar-refractivity contribution in [2.75, 3.05) is 31.6 Å². The van der Waals surface area contributed by atoms with Crippen LogP contribution in [0, 0.1) is 0 Å². The van der Waals surface area contributed by atoms with Crippen LogP contribution in [0.3, 0.4) is 0 Å². The molecule has 0 fully saturated rings. The van der Waals surface area contributed by atoms with Crippen molar-refractivity contribution in [3.63, 3.8) is 0 Å². The molecule has 11 heteroatoms. The number of hydrogen-bond acceptors (Lipinski definition) is 6. The second-order valence-electron chi connectivity index (χ2n) is 9.23. The maximum Gasteiger partial charge on any atom is 0.264 e. The van der Waals surface area contributed by atoms with E-state index < -0.39 is 28.5 Å². The van der Waals surface area contributed by atoms with Crippen LogP contribution in [-0.4, -0.2) is 58.5 Å². The molecule has 1 N–H and O–H groups in total. The second-order valence-corrected chi connectivity index (χ2v) is 11.5. The quantitative estimate of drug-likeness (QED) is 0.282. The molecule has 41 heavy (non-hydrogen) atoms. The summed E-state index contributed by atoms with van der Waals surface area (Å²) in [5, 5.41) is 3.40. The largest absolute Gasteiger partial charge is 0.497 e. The van der Waals surface area contributed by atoms with Crippen LogP contribution in [0.1, 0.15) is 32.3 Å². The molecule has 0 aliphatic heterocycles. The van der Waals surface area contributed by atoms with Gasteiger partial charge in [-0.05, 0) is 54.8 Å². The monoisotopic (exact) mass is 601 g/mol. The molecule has 1 atom stereocenters. The minimum atomic E-state index is -4.25. The number of amides is 2. The van der Waals surface area contributed by atoms with Gasteiger partial charge in [0.05, 0.1) is 24.8 Å². The maximum atomic E-state index is 14.2. The van der Waals surface area contributed by atoms with Crippen LogP contribution in [0.4, 0.5) is 5.69 Å². The average Bonchev–Trinajstić information content (AvgIpc) is 2.99. The lowest BCUT2D eigenvalue weighted by molar-refractivity contribution is -0.140. The molecule has 0 aromatic heterocycles. The second kappa shape index (κ2) is 14.7. The zero-order valence-electron chi connectivity index (χ0n) is 23.7. The first-order valence-corrected chi connectivity index (χ1v) is 15.1. The minimum Gasteiger partial charge on any atom is -0.497 e. The van der Waals surface area contributed by atoms with Crippen LogP contribution in [0.5, 0.6) is 11.5 Å². The van der Waals surface area contributed by atoms with Crippen molar-refractivity contribution < 1.29 is 27.5 Å². The van der Waals surface area contributed by atoms with Crippen molar-refractivity contribution >= 4 is 39.1 Å². The Morgan fingerprint density at radius 3 is 2.22 bits per heavy atom. The number of rotatable bonds is 14. The van der Waals surface area contributed by atoms with E-state index in [1.807, 2.05) is 13.8 Å². The van der Waals surface area contributed by atoms with Gasteiger partial charge in [-0.2, -0.15) is 0 Å². The summed E-state index contributed by atoms with van der Waals surface area (Å²) in [7, 11) is -1.38. The Bertz CT molecular complexity index is 1420. The van der Waals surface area contributed by atoms with Gasteiger partial charge in [-0.3, -0.25) is 13.9 Å². The van der Waals surface area contributed by atoms with E-state index in [0.717, 1.165) is 16.3 Å². The molecule has 0 heterocycles. The zero-order chi connectivity index (χ0) is 30.0. The van der Waals surface area contributed by atoms with Crippen LogP contribution in [0.15, 0.2) is 77.7 Å². The third-order valence-electron chi connectivity index (χ3n) is 6.47. The van der Waals surface area contributed by atoms with Crippen LogP contribution in [-0.2, 0) is 26.2 Å². The number of sulfonamides is 1. The summed E-state index contributed by atoms with van der Waals surface area (Å²) in [6, 6.07) is 18.6. The number of anilines is 1. The highest BCUT2D eigenvalue weighted by atomic mass is 35.5. The molecule has 0 saturated heterocycles. The van der Waals surface area contributed by atoms with E-state index >= 15 is 0 Å². The summed E-state index contributed by atoms with van der Waals surface area (Å²) in [4.78, 5) is 28.7. The lowest BCUT2D eigenvalue weighted by Gasteiger charge is -2.33. The highest BCUT2D eigenvalue weighted by Crippen LogP contribution is 2.36. The molecular formula is C30H36ClN3O6S. The van der Waals surface area contributed by atoms with Gasteiger partial charge in [0.1, 0.15) is 24.1 Å². The highest BCUT2D eigenvalue weighted by molar-refractivity contribution is 7.92. The van der Waals surface area contributed by atoms with E-state index in [9.17, 15) is 18.0 Å². The topological polar surface area (TPSA) is 105 Å². The van der Waals surface area contributed by atoms with Crippen molar-refractivity contribution in [2.24, 2.45) is 0 Å². The average molecular weight is 602 g/mol. The Morgan fingerprint density at radius 2 is 1.63 bits per heavy atom. The number of nitrogens with zero attached hydrogens (tertiary/aromatic N) is 2. The molecule has 3 rings (SSSR count). The summed E-state index contributed by atoms with van der Waals surface area (Å²) < 4.78 is 39.9. The lowest BCUT2D eigenvalue weighted by atomic mass is 10.1. The molecule has 0 radical (unpaired) electrons. The molecule has 0 bridgehead atoms. The Labute approximate surface area is 247 Å². The van der Waals surface area contributed by atoms with Gasteiger partial charge in [-0.15, -0.1) is 0 Å². The Hall–Kier alpha value is -3.76. The van der Waals surface area contributed by atoms with E-state index in [-0.39, 0.29) is 28.8 Å². The molecule has 220 valence electrons. The first kappa shape index (κ1) is 31.8. The molecule has 0 aliphatic rings. The Morgan fingerprint density at radius 1 is 0.951 bits per heavy atom. The van der Waals surface area contributed by atoms with Gasteiger partial charge in [-0.1, -0.05) is 55.8 Å². The summed E-state index contributed by atoms with van der Waals surface area (Å²) in [5.74, 6) is -0.268. The number of benzene rings is 3. The number of methoxy groups -OCH3 is 2. The van der Waals surface area contributed by atoms with E-state index in [1.54, 1.807) is 54.6 Å². The fraction of sp³-hybridized carbons (Fsp3) is 0.333. The summed E-state index contributed by atoms with van der Waals surface area (Å²) in [6.45, 7) is 3.68. The zero-order valence-corrected chi connectivity index (χ0v) is 25.2. The van der Waals surface area contributed by atoms with Crippen molar-refractivity contribution in [3.8, 4) is 11.5 Å². The molecule has 3 aromatic carbocycles. The number of carbonyl (C=O) groups is 2. The molecule has 0 saturated carbocycles. The van der Waals surface area contributed by atoms with E-state index in [1.165, 1.54) is 37.3 Å². The van der Waals surface area contributed by atoms with Gasteiger partial charge in [0, 0.05) is 24.2 Å². The van der Waals surface area contributed by atoms with Gasteiger partial charge in [0.15, 0.2) is 0 Å². The SMILES string of the molecule is CCCNC(=O)C(CC)N(Cc1ccc(Cl)cc1)C(=O)CN(c1cc(OC)ccc1OC)S(=O)(=O)c1ccccc1. The Balaban J connectivity index is 2.12. The third kappa shape index (κ3) is 7.92. The molecule has 0 aliphatic carbocycles. The van der Waals surface area contributed by atoms with Crippen LogP contribution >= 0.6 is 11.6 Å². The van der Waals surface area contributed by atoms with Crippen LogP contribution in [0.25, 0.3) is 0 Å². The molecule has 0 spiro atoms. The smallest absolute Gasteiger partial charge is 0.264 e. The molecule has 2 amide bonds. The van der Waals surface area contributed by atoms with Gasteiger partial charge < -0.3 is 19.7 Å². The molecule has 9 nitrogen and oxygen atoms in total. The van der Waals surface area contributed by atoms with Gasteiger partial charge in [0.2, 0.25) is 11.8 Å². The maximum absolute atomic E-state index is 14.2. The lowest BCUT2D eigenvalue weighted by Crippen LogP contribution is -2.52. The number of nitrogens with one attached hydrogen (secondary N) is 1. The normalized spacial score (nSPS) is 11.8. The highest BCUT2D eigenvalue weighted by Gasteiger charge is 2.35. The van der Waals surface area contributed by atoms with E-state index in [2.05, 4.69) is 5.32 Å². The van der Waals surface area contributed by atoms with Crippen molar-refractivity contribution in [1.29, 1.82) is 0 Å². The van der Waals surface area contributed by atoms with Gasteiger partial charge >= 0.3 is 0 Å². The molecular weight excluding hydrogens is 566 g/mol. The first-order chi connectivity index (χ1) is 19.7. The number of carbonyl (C=O) groups excluding carboxylic acids is 2. The third-order valence-corrected chi connectivity index (χ3v) is 8.49. The summed E-state index contributed by atoms with van der Waals surface area (Å²) in [5.41, 5.74) is 0.861. The fourth-order valence-electron chi connectivity index (χ4n) is 4.30. The number of hydrogen-bond donors (Lipinski definition) is 1. The van der Waals surface area contributed by atoms with Crippen molar-refractivity contribution in [3.05, 3.63) is 83.4 Å². The van der Waals surface area contributed by atoms with E-state index in [4.69, 9.17) is 21.1 Å². The van der Waals surface area contributed by atoms with Crippen molar-refractivity contribution in [2.45, 2.75) is 44.2 Å². The Kier molecular flexibility index (Phi) is 11.4. The van der Waals surface area contributed by atoms with Crippen molar-refractivity contribution in [1.82, 2.24) is 10.2 Å². The minimum absolute atomic E-state index is 0.00495. The predicted octanol–water partition coefficient (Wildman–Crippen LogP) is 4.89. The summed E-state index contributed by atoms with van der Waals surface area (Å²) in [6.07, 6.45) is 1.05. The summed E-state index contributed by atoms with van der Waals surface area (Å²) >= 11 is 6.07. The standard InChI is InChI=1S/C30H36ClN3O6S/c1-5-18-32-30(36)26(6-2)33(20-22-12-14-23(31)15-13-22)29(35)21-34(41(37,38)25-10-8-7-9-11-25)27-19-24(39-3)16-17-28(27)40-4/h7-17,19,26H,5-6,18,20-21H2,1-4H3,(H,32,36). The molecule has 3 aromatic rings. The van der Waals surface area contributed by atoms with Gasteiger partial charge in [-0.25, -0.2) is 8.42 Å². The van der Waals surface area contributed by atoms with Crippen LogP contribution < -0.4 is 19.1 Å². The number of ether oxygens (including phenoxy) is 2. The van der Waals surface area contributed by atoms with E-state index in [0.29, 0.717) is 23.7 Å². The first-order valence-electron chi connectivity index (χ1n) is 13.3.